The van der Waals surface area contributed by atoms with Crippen LogP contribution in [0.1, 0.15) is 70.4 Å². The maximum atomic E-state index is 13.5. The van der Waals surface area contributed by atoms with E-state index in [4.69, 9.17) is 9.47 Å². The summed E-state index contributed by atoms with van der Waals surface area (Å²) in [7, 11) is 0. The number of nitrogens with one attached hydrogen (secondary N) is 1. The van der Waals surface area contributed by atoms with Gasteiger partial charge in [0.25, 0.3) is 5.91 Å². The molecule has 0 fully saturated rings. The minimum atomic E-state index is -0.481. The van der Waals surface area contributed by atoms with Gasteiger partial charge in [0.2, 0.25) is 0 Å². The molecule has 39 heavy (non-hydrogen) atoms. The van der Waals surface area contributed by atoms with Gasteiger partial charge in [-0.15, -0.1) is 0 Å². The van der Waals surface area contributed by atoms with Crippen molar-refractivity contribution in [3.05, 3.63) is 80.7 Å². The lowest BCUT2D eigenvalue weighted by Crippen LogP contribution is -2.37. The summed E-state index contributed by atoms with van der Waals surface area (Å²) in [6.45, 7) is 10.1. The number of carbonyl (C=O) groups excluding carboxylic acids is 3. The van der Waals surface area contributed by atoms with Crippen molar-refractivity contribution in [1.82, 2.24) is 0 Å². The number of ketones is 2. The Morgan fingerprint density at radius 2 is 1.54 bits per heavy atom. The summed E-state index contributed by atoms with van der Waals surface area (Å²) >= 11 is 3.59. The van der Waals surface area contributed by atoms with Gasteiger partial charge in [0.15, 0.2) is 18.2 Å². The number of rotatable bonds is 5. The minimum absolute atomic E-state index is 0.0276. The number of benzene rings is 2. The molecule has 1 aliphatic heterocycles. The lowest BCUT2D eigenvalue weighted by atomic mass is 9.65. The minimum Gasteiger partial charge on any atom is -0.483 e. The Morgan fingerprint density at radius 3 is 2.10 bits per heavy atom. The lowest BCUT2D eigenvalue weighted by molar-refractivity contribution is -0.120. The fourth-order valence-corrected chi connectivity index (χ4v) is 6.38. The molecule has 0 radical (unpaired) electrons. The van der Waals surface area contributed by atoms with E-state index in [9.17, 15) is 14.4 Å². The van der Waals surface area contributed by atoms with Crippen LogP contribution >= 0.6 is 15.9 Å². The van der Waals surface area contributed by atoms with Gasteiger partial charge in [-0.3, -0.25) is 14.4 Å². The predicted octanol–water partition coefficient (Wildman–Crippen LogP) is 7.18. The molecule has 7 heteroatoms. The van der Waals surface area contributed by atoms with Crippen LogP contribution in [0.2, 0.25) is 0 Å². The van der Waals surface area contributed by atoms with Crippen LogP contribution in [0.3, 0.4) is 0 Å². The first-order valence-electron chi connectivity index (χ1n) is 13.3. The first kappa shape index (κ1) is 27.4. The number of ether oxygens (including phenoxy) is 2. The summed E-state index contributed by atoms with van der Waals surface area (Å²) in [4.78, 5) is 39.5. The highest BCUT2D eigenvalue weighted by Crippen LogP contribution is 2.53. The van der Waals surface area contributed by atoms with E-state index in [0.29, 0.717) is 58.6 Å². The molecular weight excluding hydrogens is 558 g/mol. The number of anilines is 1. The van der Waals surface area contributed by atoms with Crippen LogP contribution in [0.25, 0.3) is 0 Å². The zero-order valence-corrected chi connectivity index (χ0v) is 24.7. The molecule has 1 amide bonds. The molecule has 204 valence electrons. The fraction of sp³-hybridized carbons (Fsp3) is 0.406. The van der Waals surface area contributed by atoms with E-state index >= 15 is 0 Å². The molecule has 0 saturated heterocycles. The highest BCUT2D eigenvalue weighted by Gasteiger charge is 2.47. The molecule has 0 unspecified atom stereocenters. The SMILES string of the molecule is Cc1ccccc1NC(=O)COc1ccc(C2C3=C(CC(C)(C)CC3=O)OC3=C2C(=O)CC(C)(C)C3)cc1Br. The maximum Gasteiger partial charge on any atom is 0.262 e. The van der Waals surface area contributed by atoms with Gasteiger partial charge in [-0.2, -0.15) is 0 Å². The zero-order valence-electron chi connectivity index (χ0n) is 23.1. The van der Waals surface area contributed by atoms with E-state index in [2.05, 4.69) is 48.9 Å². The van der Waals surface area contributed by atoms with Crippen LogP contribution in [0.5, 0.6) is 5.75 Å². The summed E-state index contributed by atoms with van der Waals surface area (Å²) in [5.41, 5.74) is 3.32. The van der Waals surface area contributed by atoms with Crippen molar-refractivity contribution in [2.24, 2.45) is 10.8 Å². The Bertz CT molecular complexity index is 1400. The topological polar surface area (TPSA) is 81.7 Å². The number of carbonyl (C=O) groups is 3. The van der Waals surface area contributed by atoms with E-state index in [1.807, 2.05) is 43.3 Å². The van der Waals surface area contributed by atoms with Crippen molar-refractivity contribution in [3.8, 4) is 5.75 Å². The van der Waals surface area contributed by atoms with E-state index in [1.54, 1.807) is 6.07 Å². The van der Waals surface area contributed by atoms with Gasteiger partial charge in [0, 0.05) is 48.4 Å². The molecule has 0 spiro atoms. The second kappa shape index (κ2) is 10.1. The normalized spacial score (nSPS) is 20.3. The molecule has 0 atom stereocenters. The number of Topliss-reactive ketones (excluding diaryl/α,β-unsaturated/α-hetero) is 2. The molecule has 0 aromatic heterocycles. The molecule has 2 aliphatic carbocycles. The van der Waals surface area contributed by atoms with Crippen LogP contribution in [0.4, 0.5) is 5.69 Å². The highest BCUT2D eigenvalue weighted by atomic mass is 79.9. The third-order valence-corrected chi connectivity index (χ3v) is 8.27. The molecular formula is C32H34BrNO5. The Hall–Kier alpha value is -3.19. The maximum absolute atomic E-state index is 13.5. The fourth-order valence-electron chi connectivity index (χ4n) is 5.86. The van der Waals surface area contributed by atoms with E-state index in [-0.39, 0.29) is 34.9 Å². The molecule has 6 nitrogen and oxygen atoms in total. The lowest BCUT2D eigenvalue weighted by Gasteiger charge is -2.42. The summed E-state index contributed by atoms with van der Waals surface area (Å²) < 4.78 is 12.8. The van der Waals surface area contributed by atoms with Crippen molar-refractivity contribution < 1.29 is 23.9 Å². The number of amides is 1. The van der Waals surface area contributed by atoms with E-state index in [0.717, 1.165) is 16.8 Å². The standard InChI is InChI=1S/C32H34BrNO5/c1-18-8-6-7-9-21(18)34-27(37)17-38-24-11-10-19(12-20(24)33)28-29-22(35)13-31(2,3)15-25(29)39-26-16-32(4,5)14-23(36)30(26)28/h6-12,28H,13-17H2,1-5H3,(H,34,37). The van der Waals surface area contributed by atoms with Crippen LogP contribution in [0, 0.1) is 17.8 Å². The van der Waals surface area contributed by atoms with Crippen molar-refractivity contribution in [1.29, 1.82) is 0 Å². The molecule has 2 aromatic carbocycles. The summed E-state index contributed by atoms with van der Waals surface area (Å²) in [5.74, 6) is 1.19. The van der Waals surface area contributed by atoms with Crippen molar-refractivity contribution in [2.45, 2.75) is 66.2 Å². The summed E-state index contributed by atoms with van der Waals surface area (Å²) in [6.07, 6.45) is 2.11. The van der Waals surface area contributed by atoms with E-state index in [1.165, 1.54) is 0 Å². The third-order valence-electron chi connectivity index (χ3n) is 7.65. The average molecular weight is 593 g/mol. The van der Waals surface area contributed by atoms with Gasteiger partial charge in [0.05, 0.1) is 4.47 Å². The largest absolute Gasteiger partial charge is 0.483 e. The number of hydrogen-bond acceptors (Lipinski definition) is 5. The van der Waals surface area contributed by atoms with Gasteiger partial charge in [-0.05, 0) is 63.0 Å². The molecule has 5 rings (SSSR count). The number of aryl methyl sites for hydroxylation is 1. The monoisotopic (exact) mass is 591 g/mol. The molecule has 3 aliphatic rings. The second-order valence-electron chi connectivity index (χ2n) is 12.4. The van der Waals surface area contributed by atoms with Gasteiger partial charge in [0.1, 0.15) is 17.3 Å². The molecule has 0 bridgehead atoms. The summed E-state index contributed by atoms with van der Waals surface area (Å²) in [6, 6.07) is 13.1. The van der Waals surface area contributed by atoms with Crippen LogP contribution in [0.15, 0.2) is 69.6 Å². The van der Waals surface area contributed by atoms with Gasteiger partial charge >= 0.3 is 0 Å². The zero-order chi connectivity index (χ0) is 28.1. The second-order valence-corrected chi connectivity index (χ2v) is 13.3. The highest BCUT2D eigenvalue weighted by molar-refractivity contribution is 9.10. The van der Waals surface area contributed by atoms with Gasteiger partial charge < -0.3 is 14.8 Å². The number of hydrogen-bond donors (Lipinski definition) is 1. The van der Waals surface area contributed by atoms with Gasteiger partial charge in [-0.25, -0.2) is 0 Å². The third kappa shape index (κ3) is 5.60. The van der Waals surface area contributed by atoms with Crippen LogP contribution in [-0.4, -0.2) is 24.1 Å². The predicted molar refractivity (Wildman–Crippen MR) is 153 cm³/mol. The van der Waals surface area contributed by atoms with Gasteiger partial charge in [-0.1, -0.05) is 52.0 Å². The molecule has 1 heterocycles. The Kier molecular flexibility index (Phi) is 7.08. The van der Waals surface area contributed by atoms with Crippen molar-refractivity contribution in [3.63, 3.8) is 0 Å². The number of para-hydroxylation sites is 1. The number of halogens is 1. The Labute approximate surface area is 238 Å². The quantitative estimate of drug-likeness (QED) is 0.398. The molecule has 0 saturated carbocycles. The van der Waals surface area contributed by atoms with Crippen LogP contribution in [-0.2, 0) is 19.1 Å². The molecule has 1 N–H and O–H groups in total. The summed E-state index contributed by atoms with van der Waals surface area (Å²) in [5, 5.41) is 2.87. The first-order valence-corrected chi connectivity index (χ1v) is 14.1. The van der Waals surface area contributed by atoms with Crippen molar-refractivity contribution >= 4 is 39.1 Å². The first-order chi connectivity index (χ1) is 18.3. The Morgan fingerprint density at radius 1 is 0.949 bits per heavy atom. The smallest absolute Gasteiger partial charge is 0.262 e. The average Bonchev–Trinajstić information content (AvgIpc) is 2.82. The van der Waals surface area contributed by atoms with Crippen molar-refractivity contribution in [2.75, 3.05) is 11.9 Å². The Balaban J connectivity index is 1.44. The number of allylic oxidation sites excluding steroid dienone is 4. The van der Waals surface area contributed by atoms with E-state index < -0.39 is 5.92 Å². The van der Waals surface area contributed by atoms with Crippen LogP contribution < -0.4 is 10.1 Å². The molecule has 2 aromatic rings.